The van der Waals surface area contributed by atoms with Crippen LogP contribution in [-0.2, 0) is 27.2 Å². The number of unbranched alkanes of at least 4 members (excludes halogenated alkanes) is 3. The fraction of sp³-hybridized carbons (Fsp3) is 0.577. The average Bonchev–Trinajstić information content (AvgIpc) is 3.23. The van der Waals surface area contributed by atoms with Crippen LogP contribution in [0.5, 0.6) is 0 Å². The van der Waals surface area contributed by atoms with Crippen LogP contribution >= 0.6 is 0 Å². The Balaban J connectivity index is 1.45. The number of nitrogens with two attached hydrogens (primary N) is 2. The summed E-state index contributed by atoms with van der Waals surface area (Å²) in [6.07, 6.45) is 6.43. The molecule has 0 fully saturated rings. The molecule has 0 aliphatic carbocycles. The normalized spacial score (nSPS) is 11.5. The molecular formula is C26H40N6O3. The number of nitrogen functional groups attached to an aromatic ring is 1. The number of nitrogens with one attached hydrogen (secondary N) is 1. The van der Waals surface area contributed by atoms with Gasteiger partial charge in [-0.1, -0.05) is 38.0 Å². The number of imidazole rings is 1. The Kier molecular flexibility index (Phi) is 11.2. The molecule has 0 saturated carbocycles. The van der Waals surface area contributed by atoms with Gasteiger partial charge >= 0.3 is 0 Å². The van der Waals surface area contributed by atoms with Gasteiger partial charge in [0.2, 0.25) is 5.91 Å². The summed E-state index contributed by atoms with van der Waals surface area (Å²) in [4.78, 5) is 21.1. The number of aromatic nitrogens is 3. The lowest BCUT2D eigenvalue weighted by Gasteiger charge is -2.12. The van der Waals surface area contributed by atoms with Crippen LogP contribution in [0.3, 0.4) is 0 Å². The van der Waals surface area contributed by atoms with Gasteiger partial charge in [-0.3, -0.25) is 4.79 Å². The third-order valence-electron chi connectivity index (χ3n) is 5.95. The molecule has 0 unspecified atom stereocenters. The molecule has 0 bridgehead atoms. The van der Waals surface area contributed by atoms with Gasteiger partial charge in [-0.05, 0) is 31.9 Å². The molecule has 3 rings (SSSR count). The number of amides is 1. The first kappa shape index (κ1) is 26.8. The van der Waals surface area contributed by atoms with Crippen LogP contribution in [0.15, 0.2) is 24.3 Å². The van der Waals surface area contributed by atoms with Gasteiger partial charge in [0, 0.05) is 31.3 Å². The molecule has 0 aliphatic rings. The Bertz CT molecular complexity index is 1070. The lowest BCUT2D eigenvalue weighted by molar-refractivity contribution is -0.121. The minimum atomic E-state index is 0.0664. The SMILES string of the molecule is CCCCc1nc2c(N)nc3ccccc3c2n1CCOCCOCCNC(=O)CCCCCN. The molecule has 0 spiro atoms. The maximum absolute atomic E-state index is 11.7. The number of ether oxygens (including phenoxy) is 2. The van der Waals surface area contributed by atoms with E-state index in [9.17, 15) is 4.79 Å². The van der Waals surface area contributed by atoms with E-state index >= 15 is 0 Å². The van der Waals surface area contributed by atoms with E-state index in [1.54, 1.807) is 0 Å². The fourth-order valence-electron chi connectivity index (χ4n) is 4.11. The fourth-order valence-corrected chi connectivity index (χ4v) is 4.11. The number of anilines is 1. The van der Waals surface area contributed by atoms with Crippen molar-refractivity contribution in [1.82, 2.24) is 19.9 Å². The quantitative estimate of drug-likeness (QED) is 0.251. The van der Waals surface area contributed by atoms with Crippen molar-refractivity contribution in [2.45, 2.75) is 58.4 Å². The zero-order valence-corrected chi connectivity index (χ0v) is 20.9. The summed E-state index contributed by atoms with van der Waals surface area (Å²) in [6, 6.07) is 8.03. The smallest absolute Gasteiger partial charge is 0.220 e. The van der Waals surface area contributed by atoms with Crippen LogP contribution in [-0.4, -0.2) is 60.0 Å². The van der Waals surface area contributed by atoms with Gasteiger partial charge in [0.15, 0.2) is 5.82 Å². The molecule has 9 heteroatoms. The standard InChI is InChI=1S/C26H40N6O3/c1-2-3-11-22-31-24-25(20-9-6-7-10-21(20)30-26(24)28)32(22)15-17-35-19-18-34-16-14-29-23(33)12-5-4-8-13-27/h6-7,9-10H,2-5,8,11-19,27H2,1H3,(H2,28,30)(H,29,33). The largest absolute Gasteiger partial charge is 0.382 e. The highest BCUT2D eigenvalue weighted by Gasteiger charge is 2.16. The van der Waals surface area contributed by atoms with Crippen LogP contribution in [0.25, 0.3) is 21.9 Å². The van der Waals surface area contributed by atoms with Crippen LogP contribution < -0.4 is 16.8 Å². The Morgan fingerprint density at radius 1 is 1.03 bits per heavy atom. The number of fused-ring (bicyclic) bond motifs is 3. The predicted molar refractivity (Wildman–Crippen MR) is 140 cm³/mol. The molecule has 0 saturated heterocycles. The van der Waals surface area contributed by atoms with Crippen molar-refractivity contribution >= 4 is 33.7 Å². The minimum absolute atomic E-state index is 0.0664. The Hall–Kier alpha value is -2.75. The summed E-state index contributed by atoms with van der Waals surface area (Å²) in [5.41, 5.74) is 14.4. The number of aryl methyl sites for hydroxylation is 1. The van der Waals surface area contributed by atoms with Gasteiger partial charge in [-0.2, -0.15) is 0 Å². The highest BCUT2D eigenvalue weighted by Crippen LogP contribution is 2.29. The van der Waals surface area contributed by atoms with Gasteiger partial charge < -0.3 is 30.8 Å². The Morgan fingerprint density at radius 3 is 2.63 bits per heavy atom. The molecule has 192 valence electrons. The third kappa shape index (κ3) is 7.88. The molecule has 9 nitrogen and oxygen atoms in total. The van der Waals surface area contributed by atoms with E-state index in [4.69, 9.17) is 25.9 Å². The highest BCUT2D eigenvalue weighted by molar-refractivity contribution is 6.06. The van der Waals surface area contributed by atoms with Crippen molar-refractivity contribution in [3.63, 3.8) is 0 Å². The molecule has 0 radical (unpaired) electrons. The number of rotatable bonds is 17. The van der Waals surface area contributed by atoms with Crippen molar-refractivity contribution in [3.05, 3.63) is 30.1 Å². The second-order valence-corrected chi connectivity index (χ2v) is 8.67. The van der Waals surface area contributed by atoms with Gasteiger partial charge in [0.25, 0.3) is 0 Å². The van der Waals surface area contributed by atoms with Crippen LogP contribution in [0.2, 0.25) is 0 Å². The van der Waals surface area contributed by atoms with E-state index in [0.29, 0.717) is 58.3 Å². The average molecular weight is 485 g/mol. The van der Waals surface area contributed by atoms with Crippen LogP contribution in [0.1, 0.15) is 51.3 Å². The number of hydrogen-bond donors (Lipinski definition) is 3. The first-order valence-corrected chi connectivity index (χ1v) is 12.8. The van der Waals surface area contributed by atoms with Gasteiger partial charge in [-0.15, -0.1) is 0 Å². The topological polar surface area (TPSA) is 130 Å². The van der Waals surface area contributed by atoms with Gasteiger partial charge in [0.1, 0.15) is 11.3 Å². The van der Waals surface area contributed by atoms with Crippen molar-refractivity contribution in [2.24, 2.45) is 5.73 Å². The molecule has 5 N–H and O–H groups in total. The summed E-state index contributed by atoms with van der Waals surface area (Å²) in [6.45, 7) is 6.06. The second-order valence-electron chi connectivity index (χ2n) is 8.67. The number of para-hydroxylation sites is 1. The van der Waals surface area contributed by atoms with Crippen LogP contribution in [0, 0.1) is 0 Å². The van der Waals surface area contributed by atoms with E-state index in [2.05, 4.69) is 27.9 Å². The number of carbonyl (C=O) groups excluding carboxylic acids is 1. The van der Waals surface area contributed by atoms with Crippen molar-refractivity contribution in [3.8, 4) is 0 Å². The van der Waals surface area contributed by atoms with E-state index in [0.717, 1.165) is 66.3 Å². The predicted octanol–water partition coefficient (Wildman–Crippen LogP) is 3.18. The zero-order chi connectivity index (χ0) is 24.9. The highest BCUT2D eigenvalue weighted by atomic mass is 16.5. The van der Waals surface area contributed by atoms with Crippen LogP contribution in [0.4, 0.5) is 5.82 Å². The number of carbonyl (C=O) groups is 1. The molecule has 0 aliphatic heterocycles. The number of nitrogens with zero attached hydrogens (tertiary/aromatic N) is 3. The van der Waals surface area contributed by atoms with E-state index in [1.165, 1.54) is 0 Å². The molecule has 3 aromatic rings. The molecule has 0 atom stereocenters. The molecule has 35 heavy (non-hydrogen) atoms. The molecule has 2 aromatic heterocycles. The Labute approximate surface area is 207 Å². The monoisotopic (exact) mass is 484 g/mol. The maximum atomic E-state index is 11.7. The number of hydrogen-bond acceptors (Lipinski definition) is 7. The number of benzene rings is 1. The van der Waals surface area contributed by atoms with Gasteiger partial charge in [-0.25, -0.2) is 9.97 Å². The first-order valence-electron chi connectivity index (χ1n) is 12.8. The van der Waals surface area contributed by atoms with E-state index in [-0.39, 0.29) is 5.91 Å². The lowest BCUT2D eigenvalue weighted by atomic mass is 10.2. The summed E-state index contributed by atoms with van der Waals surface area (Å²) < 4.78 is 13.7. The maximum Gasteiger partial charge on any atom is 0.220 e. The van der Waals surface area contributed by atoms with E-state index in [1.807, 2.05) is 18.2 Å². The Morgan fingerprint density at radius 2 is 1.83 bits per heavy atom. The summed E-state index contributed by atoms with van der Waals surface area (Å²) in [7, 11) is 0. The third-order valence-corrected chi connectivity index (χ3v) is 5.95. The van der Waals surface area contributed by atoms with E-state index < -0.39 is 0 Å². The summed E-state index contributed by atoms with van der Waals surface area (Å²) >= 11 is 0. The zero-order valence-electron chi connectivity index (χ0n) is 20.9. The summed E-state index contributed by atoms with van der Waals surface area (Å²) in [5.74, 6) is 1.55. The minimum Gasteiger partial charge on any atom is -0.382 e. The van der Waals surface area contributed by atoms with Crippen molar-refractivity contribution < 1.29 is 14.3 Å². The lowest BCUT2D eigenvalue weighted by Crippen LogP contribution is -2.27. The molecule has 1 amide bonds. The van der Waals surface area contributed by atoms with Crippen molar-refractivity contribution in [1.29, 1.82) is 0 Å². The molecular weight excluding hydrogens is 444 g/mol. The summed E-state index contributed by atoms with van der Waals surface area (Å²) in [5, 5.41) is 3.93. The second kappa shape index (κ2) is 14.6. The molecule has 1 aromatic carbocycles. The number of pyridine rings is 1. The van der Waals surface area contributed by atoms with Gasteiger partial charge in [0.05, 0.1) is 37.5 Å². The van der Waals surface area contributed by atoms with Crippen molar-refractivity contribution in [2.75, 3.05) is 45.3 Å². The first-order chi connectivity index (χ1) is 17.2. The molecule has 2 heterocycles.